The Morgan fingerprint density at radius 1 is 1.13 bits per heavy atom. The standard InChI is InChI=1S/C13H24N2/c1-11-12(5-4-8-14-11)15-9-13(10-15)6-2-3-7-13/h11-12,14H,2-10H2,1H3. The molecule has 0 radical (unpaired) electrons. The second-order valence-corrected chi connectivity index (χ2v) is 6.06. The molecule has 2 heterocycles. The van der Waals surface area contributed by atoms with Gasteiger partial charge in [0.05, 0.1) is 0 Å². The first kappa shape index (κ1) is 10.1. The fourth-order valence-corrected chi connectivity index (χ4v) is 4.02. The maximum atomic E-state index is 3.62. The molecule has 1 aliphatic carbocycles. The van der Waals surface area contributed by atoms with Crippen molar-refractivity contribution < 1.29 is 0 Å². The summed E-state index contributed by atoms with van der Waals surface area (Å²) in [6.45, 7) is 6.41. The average Bonchev–Trinajstić information content (AvgIpc) is 2.65. The molecule has 2 nitrogen and oxygen atoms in total. The van der Waals surface area contributed by atoms with Crippen LogP contribution in [0.15, 0.2) is 0 Å². The lowest BCUT2D eigenvalue weighted by Gasteiger charge is -2.54. The monoisotopic (exact) mass is 208 g/mol. The molecule has 1 spiro atoms. The van der Waals surface area contributed by atoms with E-state index >= 15 is 0 Å². The predicted octanol–water partition coefficient (Wildman–Crippen LogP) is 2.00. The van der Waals surface area contributed by atoms with Crippen LogP contribution >= 0.6 is 0 Å². The van der Waals surface area contributed by atoms with Crippen molar-refractivity contribution in [2.45, 2.75) is 57.5 Å². The molecule has 2 heteroatoms. The normalized spacial score (nSPS) is 40.6. The highest BCUT2D eigenvalue weighted by molar-refractivity contribution is 5.02. The molecule has 1 saturated carbocycles. The highest BCUT2D eigenvalue weighted by Gasteiger charge is 2.47. The topological polar surface area (TPSA) is 15.3 Å². The lowest BCUT2D eigenvalue weighted by Crippen LogP contribution is -2.64. The summed E-state index contributed by atoms with van der Waals surface area (Å²) in [7, 11) is 0. The smallest absolute Gasteiger partial charge is 0.0247 e. The number of hydrogen-bond acceptors (Lipinski definition) is 2. The molecule has 1 N–H and O–H groups in total. The molecule has 3 fully saturated rings. The summed E-state index contributed by atoms with van der Waals surface area (Å²) in [5, 5.41) is 3.62. The minimum absolute atomic E-state index is 0.720. The lowest BCUT2D eigenvalue weighted by atomic mass is 9.76. The van der Waals surface area contributed by atoms with E-state index in [1.165, 1.54) is 58.2 Å². The highest BCUT2D eigenvalue weighted by atomic mass is 15.3. The molecule has 3 rings (SSSR count). The van der Waals surface area contributed by atoms with Crippen LogP contribution in [0.3, 0.4) is 0 Å². The molecular weight excluding hydrogens is 184 g/mol. The van der Waals surface area contributed by atoms with Gasteiger partial charge in [-0.1, -0.05) is 12.8 Å². The number of nitrogens with zero attached hydrogens (tertiary/aromatic N) is 1. The number of rotatable bonds is 1. The SMILES string of the molecule is CC1NCCCC1N1CC2(CCCC2)C1. The zero-order chi connectivity index (χ0) is 10.3. The van der Waals surface area contributed by atoms with Crippen molar-refractivity contribution in [2.75, 3.05) is 19.6 Å². The van der Waals surface area contributed by atoms with Gasteiger partial charge < -0.3 is 5.32 Å². The zero-order valence-corrected chi connectivity index (χ0v) is 9.97. The van der Waals surface area contributed by atoms with Crippen LogP contribution in [0, 0.1) is 5.41 Å². The van der Waals surface area contributed by atoms with Crippen LogP contribution < -0.4 is 5.32 Å². The molecule has 0 bridgehead atoms. The van der Waals surface area contributed by atoms with Gasteiger partial charge in [-0.25, -0.2) is 0 Å². The van der Waals surface area contributed by atoms with Crippen molar-refractivity contribution >= 4 is 0 Å². The van der Waals surface area contributed by atoms with Gasteiger partial charge in [-0.2, -0.15) is 0 Å². The van der Waals surface area contributed by atoms with E-state index in [2.05, 4.69) is 17.1 Å². The molecule has 15 heavy (non-hydrogen) atoms. The van der Waals surface area contributed by atoms with Gasteiger partial charge in [0.15, 0.2) is 0 Å². The molecule has 86 valence electrons. The van der Waals surface area contributed by atoms with Crippen molar-refractivity contribution in [1.82, 2.24) is 10.2 Å². The summed E-state index contributed by atoms with van der Waals surface area (Å²) < 4.78 is 0. The Morgan fingerprint density at radius 3 is 2.53 bits per heavy atom. The van der Waals surface area contributed by atoms with E-state index in [1.54, 1.807) is 0 Å². The van der Waals surface area contributed by atoms with Crippen LogP contribution in [0.1, 0.15) is 45.4 Å². The van der Waals surface area contributed by atoms with Gasteiger partial charge in [-0.05, 0) is 44.6 Å². The van der Waals surface area contributed by atoms with Crippen molar-refractivity contribution in [3.05, 3.63) is 0 Å². The van der Waals surface area contributed by atoms with Gasteiger partial charge in [-0.3, -0.25) is 4.90 Å². The Morgan fingerprint density at radius 2 is 1.87 bits per heavy atom. The van der Waals surface area contributed by atoms with Gasteiger partial charge in [0.1, 0.15) is 0 Å². The molecule has 0 aromatic heterocycles. The van der Waals surface area contributed by atoms with E-state index in [1.807, 2.05) is 0 Å². The Bertz CT molecular complexity index is 225. The fourth-order valence-electron chi connectivity index (χ4n) is 4.02. The highest BCUT2D eigenvalue weighted by Crippen LogP contribution is 2.46. The van der Waals surface area contributed by atoms with Crippen molar-refractivity contribution in [2.24, 2.45) is 5.41 Å². The first-order chi connectivity index (χ1) is 7.29. The Balaban J connectivity index is 1.57. The van der Waals surface area contributed by atoms with E-state index in [4.69, 9.17) is 0 Å². The first-order valence-corrected chi connectivity index (χ1v) is 6.77. The number of hydrogen-bond donors (Lipinski definition) is 1. The third kappa shape index (κ3) is 1.72. The summed E-state index contributed by atoms with van der Waals surface area (Å²) >= 11 is 0. The maximum absolute atomic E-state index is 3.62. The maximum Gasteiger partial charge on any atom is 0.0247 e. The molecule has 2 aliphatic heterocycles. The number of likely N-dealkylation sites (tertiary alicyclic amines) is 1. The van der Waals surface area contributed by atoms with Crippen LogP contribution in [0.5, 0.6) is 0 Å². The fraction of sp³-hybridized carbons (Fsp3) is 1.00. The summed E-state index contributed by atoms with van der Waals surface area (Å²) in [4.78, 5) is 2.75. The Hall–Kier alpha value is -0.0800. The van der Waals surface area contributed by atoms with Gasteiger partial charge in [0, 0.05) is 25.2 Å². The molecule has 0 aromatic rings. The molecule has 2 atom stereocenters. The summed E-state index contributed by atoms with van der Waals surface area (Å²) in [5.41, 5.74) is 0.775. The largest absolute Gasteiger partial charge is 0.313 e. The second-order valence-electron chi connectivity index (χ2n) is 6.06. The Labute approximate surface area is 93.4 Å². The second kappa shape index (κ2) is 3.74. The average molecular weight is 208 g/mol. The van der Waals surface area contributed by atoms with Gasteiger partial charge in [0.25, 0.3) is 0 Å². The number of nitrogens with one attached hydrogen (secondary N) is 1. The summed E-state index contributed by atoms with van der Waals surface area (Å²) in [6, 6.07) is 1.56. The van der Waals surface area contributed by atoms with Crippen LogP contribution in [0.25, 0.3) is 0 Å². The van der Waals surface area contributed by atoms with Crippen LogP contribution in [0.2, 0.25) is 0 Å². The predicted molar refractivity (Wildman–Crippen MR) is 63.0 cm³/mol. The molecule has 3 aliphatic rings. The molecule has 2 saturated heterocycles. The minimum atomic E-state index is 0.720. The lowest BCUT2D eigenvalue weighted by molar-refractivity contribution is -0.0435. The van der Waals surface area contributed by atoms with Crippen LogP contribution in [0.4, 0.5) is 0 Å². The molecule has 2 unspecified atom stereocenters. The summed E-state index contributed by atoms with van der Waals surface area (Å²) in [6.07, 6.45) is 8.80. The van der Waals surface area contributed by atoms with Gasteiger partial charge >= 0.3 is 0 Å². The zero-order valence-electron chi connectivity index (χ0n) is 9.97. The third-order valence-corrected chi connectivity index (χ3v) is 4.93. The van der Waals surface area contributed by atoms with Crippen LogP contribution in [-0.2, 0) is 0 Å². The van der Waals surface area contributed by atoms with E-state index in [-0.39, 0.29) is 0 Å². The van der Waals surface area contributed by atoms with E-state index in [0.29, 0.717) is 0 Å². The quantitative estimate of drug-likeness (QED) is 0.709. The van der Waals surface area contributed by atoms with Crippen LogP contribution in [-0.4, -0.2) is 36.6 Å². The van der Waals surface area contributed by atoms with E-state index in [0.717, 1.165) is 17.5 Å². The number of piperidine rings is 1. The molecule has 0 aromatic carbocycles. The molecule has 0 amide bonds. The van der Waals surface area contributed by atoms with Crippen molar-refractivity contribution in [3.8, 4) is 0 Å². The van der Waals surface area contributed by atoms with Gasteiger partial charge in [-0.15, -0.1) is 0 Å². The van der Waals surface area contributed by atoms with E-state index < -0.39 is 0 Å². The summed E-state index contributed by atoms with van der Waals surface area (Å²) in [5.74, 6) is 0. The van der Waals surface area contributed by atoms with Gasteiger partial charge in [0.2, 0.25) is 0 Å². The first-order valence-electron chi connectivity index (χ1n) is 6.77. The third-order valence-electron chi connectivity index (χ3n) is 4.93. The van der Waals surface area contributed by atoms with E-state index in [9.17, 15) is 0 Å². The molecular formula is C13H24N2. The van der Waals surface area contributed by atoms with Crippen molar-refractivity contribution in [1.29, 1.82) is 0 Å². The van der Waals surface area contributed by atoms with Crippen molar-refractivity contribution in [3.63, 3.8) is 0 Å². The minimum Gasteiger partial charge on any atom is -0.313 e. The Kier molecular flexibility index (Phi) is 2.52.